The van der Waals surface area contributed by atoms with E-state index >= 15 is 0 Å². The van der Waals surface area contributed by atoms with Crippen LogP contribution >= 0.6 is 0 Å². The molecule has 0 bridgehead atoms. The van der Waals surface area contributed by atoms with Gasteiger partial charge in [0.25, 0.3) is 0 Å². The van der Waals surface area contributed by atoms with Gasteiger partial charge in [0.1, 0.15) is 12.4 Å². The number of ether oxygens (including phenoxy) is 1. The van der Waals surface area contributed by atoms with E-state index in [9.17, 15) is 0 Å². The molecule has 0 aliphatic heterocycles. The highest BCUT2D eigenvalue weighted by atomic mass is 16.5. The molecule has 0 spiro atoms. The predicted octanol–water partition coefficient (Wildman–Crippen LogP) is 2.34. The SMILES string of the molecule is CCC(N)Cc1ccc(OCc2cccnc2)cn1. The molecule has 2 heterocycles. The number of nitrogens with zero attached hydrogens (tertiary/aromatic N) is 2. The highest BCUT2D eigenvalue weighted by molar-refractivity contribution is 5.21. The van der Waals surface area contributed by atoms with Crippen molar-refractivity contribution >= 4 is 0 Å². The summed E-state index contributed by atoms with van der Waals surface area (Å²) in [7, 11) is 0. The molecule has 1 atom stereocenters. The minimum atomic E-state index is 0.176. The smallest absolute Gasteiger partial charge is 0.138 e. The molecule has 0 radical (unpaired) electrons. The average Bonchev–Trinajstić information content (AvgIpc) is 2.47. The lowest BCUT2D eigenvalue weighted by atomic mass is 10.1. The molecule has 0 aliphatic carbocycles. The van der Waals surface area contributed by atoms with E-state index in [-0.39, 0.29) is 6.04 Å². The molecule has 4 nitrogen and oxygen atoms in total. The topological polar surface area (TPSA) is 61.0 Å². The van der Waals surface area contributed by atoms with Crippen LogP contribution in [0.1, 0.15) is 24.6 Å². The third-order valence-electron chi connectivity index (χ3n) is 2.92. The Kier molecular flexibility index (Phi) is 4.86. The van der Waals surface area contributed by atoms with E-state index in [4.69, 9.17) is 10.5 Å². The number of hydrogen-bond acceptors (Lipinski definition) is 4. The molecular formula is C15H19N3O. The van der Waals surface area contributed by atoms with E-state index in [2.05, 4.69) is 16.9 Å². The lowest BCUT2D eigenvalue weighted by molar-refractivity contribution is 0.304. The molecular weight excluding hydrogens is 238 g/mol. The molecule has 0 saturated carbocycles. The first-order chi connectivity index (χ1) is 9.28. The predicted molar refractivity (Wildman–Crippen MR) is 74.8 cm³/mol. The summed E-state index contributed by atoms with van der Waals surface area (Å²) in [6.45, 7) is 2.58. The van der Waals surface area contributed by atoms with Crippen molar-refractivity contribution in [3.05, 3.63) is 54.1 Å². The second kappa shape index (κ2) is 6.85. The Morgan fingerprint density at radius 3 is 2.79 bits per heavy atom. The van der Waals surface area contributed by atoms with Crippen molar-refractivity contribution in [2.45, 2.75) is 32.4 Å². The molecule has 0 amide bonds. The van der Waals surface area contributed by atoms with Crippen molar-refractivity contribution in [2.24, 2.45) is 5.73 Å². The van der Waals surface area contributed by atoms with Crippen LogP contribution in [0.5, 0.6) is 5.75 Å². The van der Waals surface area contributed by atoms with Crippen LogP contribution in [0.3, 0.4) is 0 Å². The molecule has 2 rings (SSSR count). The van der Waals surface area contributed by atoms with E-state index < -0.39 is 0 Å². The van der Waals surface area contributed by atoms with Crippen LogP contribution in [0.15, 0.2) is 42.9 Å². The van der Waals surface area contributed by atoms with E-state index in [1.807, 2.05) is 24.3 Å². The lowest BCUT2D eigenvalue weighted by Gasteiger charge is -2.09. The third kappa shape index (κ3) is 4.34. The van der Waals surface area contributed by atoms with Crippen LogP contribution in [0.4, 0.5) is 0 Å². The fourth-order valence-corrected chi connectivity index (χ4v) is 1.68. The van der Waals surface area contributed by atoms with Gasteiger partial charge in [-0.1, -0.05) is 13.0 Å². The van der Waals surface area contributed by atoms with Crippen LogP contribution in [0, 0.1) is 0 Å². The molecule has 2 aromatic heterocycles. The van der Waals surface area contributed by atoms with Gasteiger partial charge in [-0.25, -0.2) is 0 Å². The van der Waals surface area contributed by atoms with Crippen molar-refractivity contribution in [2.75, 3.05) is 0 Å². The molecule has 0 saturated heterocycles. The Labute approximate surface area is 113 Å². The van der Waals surface area contributed by atoms with Gasteiger partial charge >= 0.3 is 0 Å². The molecule has 2 aromatic rings. The summed E-state index contributed by atoms with van der Waals surface area (Å²) in [6, 6.07) is 7.95. The maximum atomic E-state index is 5.90. The van der Waals surface area contributed by atoms with E-state index in [0.29, 0.717) is 6.61 Å². The Morgan fingerprint density at radius 2 is 2.16 bits per heavy atom. The molecule has 4 heteroatoms. The van der Waals surface area contributed by atoms with Crippen LogP contribution < -0.4 is 10.5 Å². The number of aromatic nitrogens is 2. The van der Waals surface area contributed by atoms with Gasteiger partial charge in [0.05, 0.1) is 6.20 Å². The lowest BCUT2D eigenvalue weighted by Crippen LogP contribution is -2.21. The third-order valence-corrected chi connectivity index (χ3v) is 2.92. The number of rotatable bonds is 6. The average molecular weight is 257 g/mol. The van der Waals surface area contributed by atoms with E-state index in [1.165, 1.54) is 0 Å². The second-order valence-electron chi connectivity index (χ2n) is 4.51. The van der Waals surface area contributed by atoms with Crippen LogP contribution in [-0.2, 0) is 13.0 Å². The summed E-state index contributed by atoms with van der Waals surface area (Å²) in [5, 5.41) is 0. The van der Waals surface area contributed by atoms with Crippen molar-refractivity contribution in [3.63, 3.8) is 0 Å². The maximum Gasteiger partial charge on any atom is 0.138 e. The van der Waals surface area contributed by atoms with E-state index in [1.54, 1.807) is 18.6 Å². The Bertz CT molecular complexity index is 485. The fraction of sp³-hybridized carbons (Fsp3) is 0.333. The van der Waals surface area contributed by atoms with Gasteiger partial charge in [0.15, 0.2) is 0 Å². The maximum absolute atomic E-state index is 5.90. The summed E-state index contributed by atoms with van der Waals surface area (Å²) in [4.78, 5) is 8.40. The normalized spacial score (nSPS) is 12.1. The zero-order chi connectivity index (χ0) is 13.5. The fourth-order valence-electron chi connectivity index (χ4n) is 1.68. The highest BCUT2D eigenvalue weighted by Gasteiger charge is 2.03. The minimum absolute atomic E-state index is 0.176. The molecule has 2 N–H and O–H groups in total. The monoisotopic (exact) mass is 257 g/mol. The van der Waals surface area contributed by atoms with Gasteiger partial charge in [0, 0.05) is 36.1 Å². The number of nitrogens with two attached hydrogens (primary N) is 1. The first-order valence-corrected chi connectivity index (χ1v) is 6.50. The number of hydrogen-bond donors (Lipinski definition) is 1. The molecule has 0 aromatic carbocycles. The van der Waals surface area contributed by atoms with Crippen molar-refractivity contribution in [3.8, 4) is 5.75 Å². The summed E-state index contributed by atoms with van der Waals surface area (Å²) < 4.78 is 5.64. The largest absolute Gasteiger partial charge is 0.487 e. The van der Waals surface area contributed by atoms with Crippen molar-refractivity contribution in [1.29, 1.82) is 0 Å². The van der Waals surface area contributed by atoms with Gasteiger partial charge in [-0.2, -0.15) is 0 Å². The molecule has 100 valence electrons. The quantitative estimate of drug-likeness (QED) is 0.862. The summed E-state index contributed by atoms with van der Waals surface area (Å²) in [5.74, 6) is 0.762. The Hall–Kier alpha value is -1.94. The number of pyridine rings is 2. The Balaban J connectivity index is 1.88. The van der Waals surface area contributed by atoms with Crippen molar-refractivity contribution in [1.82, 2.24) is 9.97 Å². The van der Waals surface area contributed by atoms with Crippen LogP contribution in [0.2, 0.25) is 0 Å². The standard InChI is InChI=1S/C15H19N3O/c1-2-13(16)8-14-5-6-15(10-18-14)19-11-12-4-3-7-17-9-12/h3-7,9-10,13H,2,8,11,16H2,1H3. The Morgan fingerprint density at radius 1 is 1.26 bits per heavy atom. The van der Waals surface area contributed by atoms with Gasteiger partial charge in [0.2, 0.25) is 0 Å². The summed E-state index contributed by atoms with van der Waals surface area (Å²) in [6.07, 6.45) is 7.05. The molecule has 0 fully saturated rings. The molecule has 19 heavy (non-hydrogen) atoms. The minimum Gasteiger partial charge on any atom is -0.487 e. The molecule has 0 aliphatic rings. The van der Waals surface area contributed by atoms with Gasteiger partial charge in [-0.15, -0.1) is 0 Å². The van der Waals surface area contributed by atoms with Gasteiger partial charge in [-0.3, -0.25) is 9.97 Å². The van der Waals surface area contributed by atoms with Gasteiger partial charge < -0.3 is 10.5 Å². The van der Waals surface area contributed by atoms with Gasteiger partial charge in [-0.05, 0) is 24.6 Å². The summed E-state index contributed by atoms with van der Waals surface area (Å²) >= 11 is 0. The zero-order valence-corrected chi connectivity index (χ0v) is 11.1. The highest BCUT2D eigenvalue weighted by Crippen LogP contribution is 2.12. The van der Waals surface area contributed by atoms with Crippen LogP contribution in [-0.4, -0.2) is 16.0 Å². The summed E-state index contributed by atoms with van der Waals surface area (Å²) in [5.41, 5.74) is 7.94. The second-order valence-corrected chi connectivity index (χ2v) is 4.51. The van der Waals surface area contributed by atoms with Crippen molar-refractivity contribution < 1.29 is 4.74 Å². The van der Waals surface area contributed by atoms with E-state index in [0.717, 1.165) is 29.8 Å². The first kappa shape index (κ1) is 13.5. The first-order valence-electron chi connectivity index (χ1n) is 6.50. The molecule has 1 unspecified atom stereocenters. The zero-order valence-electron chi connectivity index (χ0n) is 11.1. The van der Waals surface area contributed by atoms with Crippen LogP contribution in [0.25, 0.3) is 0 Å².